The van der Waals surface area contributed by atoms with Crippen LogP contribution in [0.1, 0.15) is 36.1 Å². The van der Waals surface area contributed by atoms with Crippen LogP contribution in [0.3, 0.4) is 0 Å². The lowest BCUT2D eigenvalue weighted by molar-refractivity contribution is 1.35. The lowest BCUT2D eigenvalue weighted by atomic mass is 9.94. The van der Waals surface area contributed by atoms with Gasteiger partial charge >= 0.3 is 0 Å². The molecule has 0 aromatic heterocycles. The van der Waals surface area contributed by atoms with E-state index >= 15 is 0 Å². The molecule has 102 valence electrons. The zero-order valence-electron chi connectivity index (χ0n) is 12.8. The molecule has 0 saturated heterocycles. The molecule has 20 heavy (non-hydrogen) atoms. The van der Waals surface area contributed by atoms with Gasteiger partial charge in [-0.1, -0.05) is 55.1 Å². The minimum atomic E-state index is 1.25. The fraction of sp³-hybridized carbons (Fsp3) is 0.200. The highest BCUT2D eigenvalue weighted by Gasteiger charge is 2.04. The molecule has 0 bridgehead atoms. The first kappa shape index (κ1) is 14.3. The molecule has 0 aliphatic carbocycles. The Bertz CT molecular complexity index is 632. The van der Waals surface area contributed by atoms with Gasteiger partial charge < -0.3 is 0 Å². The summed E-state index contributed by atoms with van der Waals surface area (Å²) in [6.07, 6.45) is 4.08. The molecule has 0 fully saturated rings. The molecule has 0 aliphatic heterocycles. The van der Waals surface area contributed by atoms with Gasteiger partial charge in [-0.05, 0) is 66.6 Å². The van der Waals surface area contributed by atoms with E-state index < -0.39 is 0 Å². The van der Waals surface area contributed by atoms with E-state index in [9.17, 15) is 0 Å². The Morgan fingerprint density at radius 1 is 0.950 bits per heavy atom. The molecule has 0 N–H and O–H groups in total. The lowest BCUT2D eigenvalue weighted by Gasteiger charge is -2.10. The van der Waals surface area contributed by atoms with Crippen molar-refractivity contribution in [3.8, 4) is 11.1 Å². The summed E-state index contributed by atoms with van der Waals surface area (Å²) in [7, 11) is 0. The average Bonchev–Trinajstić information content (AvgIpc) is 2.46. The van der Waals surface area contributed by atoms with Crippen LogP contribution in [0.2, 0.25) is 0 Å². The fourth-order valence-corrected chi connectivity index (χ4v) is 2.56. The van der Waals surface area contributed by atoms with E-state index in [1.54, 1.807) is 0 Å². The maximum atomic E-state index is 3.89. The molecule has 0 heterocycles. The van der Waals surface area contributed by atoms with Crippen molar-refractivity contribution >= 4 is 11.6 Å². The molecule has 0 nitrogen and oxygen atoms in total. The Balaban J connectivity index is 2.45. The van der Waals surface area contributed by atoms with E-state index in [2.05, 4.69) is 76.7 Å². The summed E-state index contributed by atoms with van der Waals surface area (Å²) in [4.78, 5) is 0. The second kappa shape index (κ2) is 5.92. The highest BCUT2D eigenvalue weighted by molar-refractivity contribution is 5.72. The van der Waals surface area contributed by atoms with Crippen molar-refractivity contribution in [2.75, 3.05) is 0 Å². The number of aryl methyl sites for hydroxylation is 2. The molecule has 0 unspecified atom stereocenters. The minimum Gasteiger partial charge on any atom is -0.0985 e. The maximum absolute atomic E-state index is 3.89. The van der Waals surface area contributed by atoms with Gasteiger partial charge in [0.1, 0.15) is 0 Å². The molecule has 2 aromatic rings. The smallest absolute Gasteiger partial charge is 0.0178 e. The number of benzene rings is 2. The molecule has 2 aromatic carbocycles. The van der Waals surface area contributed by atoms with Gasteiger partial charge in [0, 0.05) is 0 Å². The normalized spacial score (nSPS) is 11.5. The fourth-order valence-electron chi connectivity index (χ4n) is 2.56. The van der Waals surface area contributed by atoms with Crippen LogP contribution in [-0.2, 0) is 0 Å². The van der Waals surface area contributed by atoms with Gasteiger partial charge in [-0.2, -0.15) is 0 Å². The van der Waals surface area contributed by atoms with Gasteiger partial charge in [-0.15, -0.1) is 0 Å². The van der Waals surface area contributed by atoms with E-state index in [0.717, 1.165) is 0 Å². The molecule has 0 spiro atoms. The van der Waals surface area contributed by atoms with Crippen LogP contribution in [0.15, 0.2) is 49.1 Å². The van der Waals surface area contributed by atoms with Gasteiger partial charge in [0.15, 0.2) is 0 Å². The summed E-state index contributed by atoms with van der Waals surface area (Å²) in [6.45, 7) is 12.4. The van der Waals surface area contributed by atoms with Crippen molar-refractivity contribution in [1.82, 2.24) is 0 Å². The van der Waals surface area contributed by atoms with E-state index in [1.807, 2.05) is 6.08 Å². The summed E-state index contributed by atoms with van der Waals surface area (Å²) in [5.74, 6) is 0. The van der Waals surface area contributed by atoms with Gasteiger partial charge in [0.2, 0.25) is 0 Å². The third kappa shape index (κ3) is 2.75. The average molecular weight is 262 g/mol. The quantitative estimate of drug-likeness (QED) is 0.633. The monoisotopic (exact) mass is 262 g/mol. The van der Waals surface area contributed by atoms with Gasteiger partial charge in [-0.25, -0.2) is 0 Å². The lowest BCUT2D eigenvalue weighted by Crippen LogP contribution is -1.89. The predicted molar refractivity (Wildman–Crippen MR) is 90.8 cm³/mol. The summed E-state index contributed by atoms with van der Waals surface area (Å²) >= 11 is 0. The number of rotatable bonds is 3. The standard InChI is InChI=1S/C20H22/c1-6-14(3)17-8-10-18(11-9-17)19-12-15(4)20(7-2)16(5)13-19/h6-13H,2H2,1,3-5H3/b14-6+. The van der Waals surface area contributed by atoms with Crippen LogP contribution in [0.25, 0.3) is 22.8 Å². The van der Waals surface area contributed by atoms with Crippen LogP contribution in [0.4, 0.5) is 0 Å². The van der Waals surface area contributed by atoms with Crippen molar-refractivity contribution in [2.45, 2.75) is 27.7 Å². The predicted octanol–water partition coefficient (Wildman–Crippen LogP) is 6.04. The summed E-state index contributed by atoms with van der Waals surface area (Å²) in [6, 6.07) is 13.3. The van der Waals surface area contributed by atoms with Gasteiger partial charge in [-0.3, -0.25) is 0 Å². The Labute approximate surface area is 122 Å². The largest absolute Gasteiger partial charge is 0.0985 e. The van der Waals surface area contributed by atoms with Crippen LogP contribution in [-0.4, -0.2) is 0 Å². The van der Waals surface area contributed by atoms with Gasteiger partial charge in [0.25, 0.3) is 0 Å². The second-order valence-electron chi connectivity index (χ2n) is 5.28. The van der Waals surface area contributed by atoms with Crippen LogP contribution in [0.5, 0.6) is 0 Å². The molecule has 0 atom stereocenters. The van der Waals surface area contributed by atoms with Crippen molar-refractivity contribution in [2.24, 2.45) is 0 Å². The summed E-state index contributed by atoms with van der Waals surface area (Å²) in [5.41, 5.74) is 8.94. The zero-order chi connectivity index (χ0) is 14.7. The van der Waals surface area contributed by atoms with E-state index in [1.165, 1.54) is 39.0 Å². The second-order valence-corrected chi connectivity index (χ2v) is 5.28. The Hall–Kier alpha value is -2.08. The third-order valence-corrected chi connectivity index (χ3v) is 3.90. The minimum absolute atomic E-state index is 1.25. The van der Waals surface area contributed by atoms with Crippen LogP contribution < -0.4 is 0 Å². The SMILES string of the molecule is C=Cc1c(C)cc(-c2ccc(/C(C)=C/C)cc2)cc1C. The molecule has 0 radical (unpaired) electrons. The molecular formula is C20H22. The third-order valence-electron chi connectivity index (χ3n) is 3.90. The maximum Gasteiger partial charge on any atom is -0.0178 e. The highest BCUT2D eigenvalue weighted by Crippen LogP contribution is 2.27. The first-order chi connectivity index (χ1) is 9.56. The Kier molecular flexibility index (Phi) is 4.24. The highest BCUT2D eigenvalue weighted by atomic mass is 14.1. The Morgan fingerprint density at radius 3 is 1.95 bits per heavy atom. The number of hydrogen-bond acceptors (Lipinski definition) is 0. The zero-order valence-corrected chi connectivity index (χ0v) is 12.8. The van der Waals surface area contributed by atoms with E-state index in [0.29, 0.717) is 0 Å². The summed E-state index contributed by atoms with van der Waals surface area (Å²) < 4.78 is 0. The molecule has 2 rings (SSSR count). The number of hydrogen-bond donors (Lipinski definition) is 0. The molecular weight excluding hydrogens is 240 g/mol. The van der Waals surface area contributed by atoms with E-state index in [-0.39, 0.29) is 0 Å². The first-order valence-corrected chi connectivity index (χ1v) is 7.04. The first-order valence-electron chi connectivity index (χ1n) is 7.04. The topological polar surface area (TPSA) is 0 Å². The van der Waals surface area contributed by atoms with Crippen molar-refractivity contribution < 1.29 is 0 Å². The van der Waals surface area contributed by atoms with Crippen LogP contribution >= 0.6 is 0 Å². The molecule has 0 amide bonds. The Morgan fingerprint density at radius 2 is 1.50 bits per heavy atom. The molecule has 0 saturated carbocycles. The number of allylic oxidation sites excluding steroid dienone is 2. The van der Waals surface area contributed by atoms with Crippen molar-refractivity contribution in [3.05, 3.63) is 71.3 Å². The van der Waals surface area contributed by atoms with Crippen molar-refractivity contribution in [3.63, 3.8) is 0 Å². The van der Waals surface area contributed by atoms with E-state index in [4.69, 9.17) is 0 Å². The van der Waals surface area contributed by atoms with Crippen molar-refractivity contribution in [1.29, 1.82) is 0 Å². The van der Waals surface area contributed by atoms with Crippen LogP contribution in [0, 0.1) is 13.8 Å². The molecule has 0 heteroatoms. The molecule has 0 aliphatic rings. The summed E-state index contributed by atoms with van der Waals surface area (Å²) in [5, 5.41) is 0. The van der Waals surface area contributed by atoms with Gasteiger partial charge in [0.05, 0.1) is 0 Å².